The average Bonchev–Trinajstić information content (AvgIpc) is 3.39. The van der Waals surface area contributed by atoms with E-state index in [0.29, 0.717) is 32.1 Å². The molecule has 16 heteroatoms. The highest BCUT2D eigenvalue weighted by molar-refractivity contribution is 5.93. The van der Waals surface area contributed by atoms with Crippen LogP contribution in [0.4, 0.5) is 0 Å². The molecule has 0 aromatic heterocycles. The van der Waals surface area contributed by atoms with E-state index in [4.69, 9.17) is 9.47 Å². The van der Waals surface area contributed by atoms with E-state index in [9.17, 15) is 44.1 Å². The summed E-state index contributed by atoms with van der Waals surface area (Å²) in [5, 5.41) is 44.6. The molecule has 2 bridgehead atoms. The Morgan fingerprint density at radius 3 is 2.38 bits per heavy atom. The molecular weight excluding hydrogens is 967 g/mol. The monoisotopic (exact) mass is 1060 g/mol. The largest absolute Gasteiger partial charge is 0.456 e. The van der Waals surface area contributed by atoms with Gasteiger partial charge in [0.2, 0.25) is 17.7 Å². The van der Waals surface area contributed by atoms with Gasteiger partial charge in [0, 0.05) is 55.9 Å². The zero-order valence-corrected chi connectivity index (χ0v) is 46.7. The Hall–Kier alpha value is -5.26. The van der Waals surface area contributed by atoms with Crippen molar-refractivity contribution < 1.29 is 53.6 Å². The lowest BCUT2D eigenvalue weighted by atomic mass is 9.75. The van der Waals surface area contributed by atoms with Crippen LogP contribution in [-0.2, 0) is 44.7 Å². The van der Waals surface area contributed by atoms with E-state index in [1.807, 2.05) is 76.3 Å². The van der Waals surface area contributed by atoms with Gasteiger partial charge in [0.25, 0.3) is 5.91 Å². The van der Waals surface area contributed by atoms with Gasteiger partial charge in [-0.05, 0) is 94.3 Å². The number of cyclic esters (lactones) is 1. The van der Waals surface area contributed by atoms with Crippen molar-refractivity contribution >= 4 is 35.4 Å². The second kappa shape index (κ2) is 28.9. The molecule has 7 N–H and O–H groups in total. The zero-order valence-electron chi connectivity index (χ0n) is 46.7. The van der Waals surface area contributed by atoms with Gasteiger partial charge in [-0.25, -0.2) is 5.43 Å². The molecule has 4 aliphatic rings. The van der Waals surface area contributed by atoms with Crippen molar-refractivity contribution in [3.05, 3.63) is 95.6 Å². The summed E-state index contributed by atoms with van der Waals surface area (Å²) in [6, 6.07) is 6.06. The summed E-state index contributed by atoms with van der Waals surface area (Å²) >= 11 is 0. The molecule has 1 spiro atoms. The quantitative estimate of drug-likeness (QED) is 0.0556. The maximum Gasteiger partial charge on any atom is 0.325 e. The minimum absolute atomic E-state index is 0.0104. The van der Waals surface area contributed by atoms with Crippen LogP contribution in [0.3, 0.4) is 0 Å². The molecular formula is C60H89N5O11. The third kappa shape index (κ3) is 16.6. The van der Waals surface area contributed by atoms with Crippen LogP contribution in [0.15, 0.2) is 90.1 Å². The number of fused-ring (bicyclic) bond motifs is 2. The minimum Gasteiger partial charge on any atom is -0.456 e. The Morgan fingerprint density at radius 2 is 1.70 bits per heavy atom. The molecule has 2 saturated heterocycles. The maximum atomic E-state index is 14.5. The number of Topliss-reactive ketones (excluding diaryl/α,β-unsaturated/α-hetero) is 1. The number of ether oxygens (including phenoxy) is 2. The number of nitrogens with zero attached hydrogens (tertiary/aromatic N) is 1. The summed E-state index contributed by atoms with van der Waals surface area (Å²) in [7, 11) is 0. The first kappa shape index (κ1) is 61.6. The van der Waals surface area contributed by atoms with E-state index in [2.05, 4.69) is 41.3 Å². The number of carbonyl (C=O) groups excluding carboxylic acids is 6. The van der Waals surface area contributed by atoms with Gasteiger partial charge in [0.05, 0.1) is 30.3 Å². The molecule has 1 aromatic rings. The zero-order chi connectivity index (χ0) is 55.9. The highest BCUT2D eigenvalue weighted by Crippen LogP contribution is 2.43. The number of aliphatic hydroxyl groups is 3. The number of hydrogen-bond donors (Lipinski definition) is 7. The lowest BCUT2D eigenvalue weighted by Gasteiger charge is -2.51. The number of rotatable bonds is 15. The number of aliphatic hydroxyl groups excluding tert-OH is 3. The third-order valence-corrected chi connectivity index (χ3v) is 16.1. The van der Waals surface area contributed by atoms with Crippen molar-refractivity contribution in [2.45, 2.75) is 194 Å². The average molecular weight is 1060 g/mol. The van der Waals surface area contributed by atoms with Gasteiger partial charge in [0.1, 0.15) is 30.0 Å². The van der Waals surface area contributed by atoms with E-state index in [1.54, 1.807) is 39.0 Å². The van der Waals surface area contributed by atoms with Crippen LogP contribution in [0.5, 0.6) is 0 Å². The van der Waals surface area contributed by atoms with Crippen molar-refractivity contribution in [3.8, 4) is 0 Å². The SMILES string of the molecule is CC[C@H]1C[C@H](C)[C@@]2(NC1=O)O[C@@H](C[C@H](O)[C@@H](C)CCC=CC=C(C)[C@@H]1CC=CC=C[C@H](O)[C@H](C)[C@@H](O)[C@@H](CCC(C)=O)C(=O)N[C@@H](C(C)C)C(=O)N[C@@H](Cc3ccccc3)C(=O)N3CCCC(N3)C(=O)O1)[C@H](C)C=C2C. The highest BCUT2D eigenvalue weighted by Gasteiger charge is 2.51. The fourth-order valence-corrected chi connectivity index (χ4v) is 10.8. The number of hydrogen-bond acceptors (Lipinski definition) is 12. The van der Waals surface area contributed by atoms with Gasteiger partial charge in [-0.1, -0.05) is 127 Å². The van der Waals surface area contributed by atoms with Crippen molar-refractivity contribution in [1.29, 1.82) is 0 Å². The molecule has 4 amide bonds. The Labute approximate surface area is 451 Å². The molecule has 0 aliphatic carbocycles. The predicted molar refractivity (Wildman–Crippen MR) is 292 cm³/mol. The van der Waals surface area contributed by atoms with Crippen molar-refractivity contribution in [1.82, 2.24) is 26.4 Å². The number of ketones is 1. The molecule has 76 heavy (non-hydrogen) atoms. The summed E-state index contributed by atoms with van der Waals surface area (Å²) in [4.78, 5) is 82.0. The van der Waals surface area contributed by atoms with Crippen LogP contribution >= 0.6 is 0 Å². The molecule has 5 rings (SSSR count). The van der Waals surface area contributed by atoms with Crippen molar-refractivity contribution in [2.75, 3.05) is 6.54 Å². The van der Waals surface area contributed by atoms with E-state index in [1.165, 1.54) is 18.0 Å². The van der Waals surface area contributed by atoms with Crippen molar-refractivity contribution in [3.63, 3.8) is 0 Å². The van der Waals surface area contributed by atoms with E-state index in [-0.39, 0.29) is 73.7 Å². The first-order valence-electron chi connectivity index (χ1n) is 27.9. The number of hydrazine groups is 1. The topological polar surface area (TPSA) is 233 Å². The lowest BCUT2D eigenvalue weighted by Crippen LogP contribution is -2.64. The molecule has 16 nitrogen and oxygen atoms in total. The number of esters is 1. The second-order valence-corrected chi connectivity index (χ2v) is 22.5. The third-order valence-electron chi connectivity index (χ3n) is 16.1. The molecule has 420 valence electrons. The Bertz CT molecular complexity index is 2300. The van der Waals surface area contributed by atoms with Crippen LogP contribution in [0.1, 0.15) is 139 Å². The summed E-state index contributed by atoms with van der Waals surface area (Å²) < 4.78 is 13.0. The molecule has 2 fully saturated rings. The standard InChI is InChI=1S/C60H89N5O11/c1-11-45-33-41(8)60(63-55(45)70)40(7)32-39(6)52(76-60)35-50(68)37(4)22-15-12-16-23-38(5)51-28-20-14-19-27-49(67)43(10)54(69)46(30-29-42(9)66)56(71)62-53(36(2)3)57(72)61-48(34-44-24-17-13-18-25-44)58(73)65-31-21-26-47(64-65)59(74)75-51/h12-14,16-20,23-25,27,32,36-37,39,41,43,45-54,64,67-69H,11,15,21-22,26,28-31,33-35H2,1-10H3,(H,61,72)(H,62,71)(H,63,70)/t37-,39+,41-,43-,45-,46+,47?,48-,49-,50-,51-,52-,53-,54+,60-/m0/s1. The molecule has 4 heterocycles. The first-order chi connectivity index (χ1) is 36.1. The minimum atomic E-state index is -1.40. The summed E-state index contributed by atoms with van der Waals surface area (Å²) in [5.41, 5.74) is 4.74. The summed E-state index contributed by atoms with van der Waals surface area (Å²) in [5.74, 6) is -4.91. The van der Waals surface area contributed by atoms with Crippen LogP contribution in [0, 0.1) is 41.4 Å². The lowest BCUT2D eigenvalue weighted by molar-refractivity contribution is -0.179. The van der Waals surface area contributed by atoms with Gasteiger partial charge in [-0.15, -0.1) is 0 Å². The van der Waals surface area contributed by atoms with E-state index >= 15 is 0 Å². The molecule has 15 atom stereocenters. The molecule has 4 aliphatic heterocycles. The fraction of sp³-hybridized carbons (Fsp3) is 0.633. The van der Waals surface area contributed by atoms with Crippen LogP contribution in [0.2, 0.25) is 0 Å². The van der Waals surface area contributed by atoms with Gasteiger partial charge < -0.3 is 45.5 Å². The van der Waals surface area contributed by atoms with Crippen LogP contribution in [0.25, 0.3) is 0 Å². The number of piperidine rings is 1. The van der Waals surface area contributed by atoms with Crippen LogP contribution < -0.4 is 21.4 Å². The fourth-order valence-electron chi connectivity index (χ4n) is 10.8. The van der Waals surface area contributed by atoms with E-state index in [0.717, 1.165) is 29.6 Å². The summed E-state index contributed by atoms with van der Waals surface area (Å²) in [6.45, 7) is 18.9. The summed E-state index contributed by atoms with van der Waals surface area (Å²) in [6.07, 6.45) is 14.9. The normalized spacial score (nSPS) is 32.7. The molecule has 0 radical (unpaired) electrons. The first-order valence-corrected chi connectivity index (χ1v) is 27.9. The Balaban J connectivity index is 1.34. The number of amides is 4. The highest BCUT2D eigenvalue weighted by atomic mass is 16.5. The van der Waals surface area contributed by atoms with Gasteiger partial charge >= 0.3 is 5.97 Å². The van der Waals surface area contributed by atoms with Gasteiger partial charge in [-0.2, -0.15) is 0 Å². The Kier molecular flexibility index (Phi) is 23.4. The molecule has 1 aromatic carbocycles. The predicted octanol–water partition coefficient (Wildman–Crippen LogP) is 6.65. The van der Waals surface area contributed by atoms with Gasteiger partial charge in [0.15, 0.2) is 5.72 Å². The number of benzene rings is 1. The number of carbonyl (C=O) groups is 6. The number of nitrogens with one attached hydrogen (secondary N) is 4. The molecule has 1 unspecified atom stereocenters. The molecule has 0 saturated carbocycles. The van der Waals surface area contributed by atoms with Gasteiger partial charge in [-0.3, -0.25) is 29.0 Å². The maximum absolute atomic E-state index is 14.5. The second-order valence-electron chi connectivity index (χ2n) is 22.5. The Morgan fingerprint density at radius 1 is 0.974 bits per heavy atom. The van der Waals surface area contributed by atoms with E-state index < -0.39 is 89.7 Å². The number of allylic oxidation sites excluding steroid dienone is 5. The smallest absolute Gasteiger partial charge is 0.325 e. The van der Waals surface area contributed by atoms with Crippen molar-refractivity contribution in [2.24, 2.45) is 41.4 Å². The van der Waals surface area contributed by atoms with Crippen LogP contribution in [-0.4, -0.2) is 117 Å².